The summed E-state index contributed by atoms with van der Waals surface area (Å²) in [5, 5.41) is 0. The number of halogens is 3. The molecule has 0 spiro atoms. The lowest BCUT2D eigenvalue weighted by atomic mass is 10.0. The van der Waals surface area contributed by atoms with Gasteiger partial charge in [-0.15, -0.1) is 0 Å². The first-order valence-corrected chi connectivity index (χ1v) is 4.96. The first-order valence-electron chi connectivity index (χ1n) is 4.96. The molecule has 0 unspecified atom stereocenters. The zero-order chi connectivity index (χ0) is 11.4. The van der Waals surface area contributed by atoms with Crippen LogP contribution in [0.5, 0.6) is 0 Å². The molecule has 1 atom stereocenters. The van der Waals surface area contributed by atoms with E-state index in [1.54, 1.807) is 0 Å². The Balaban J connectivity index is 2.96. The van der Waals surface area contributed by atoms with E-state index in [9.17, 15) is 13.2 Å². The molecule has 0 aliphatic rings. The summed E-state index contributed by atoms with van der Waals surface area (Å²) in [6.07, 6.45) is 2.09. The Morgan fingerprint density at radius 1 is 1.20 bits per heavy atom. The van der Waals surface area contributed by atoms with Crippen molar-refractivity contribution in [1.29, 1.82) is 0 Å². The van der Waals surface area contributed by atoms with Gasteiger partial charge in [-0.25, -0.2) is 13.2 Å². The van der Waals surface area contributed by atoms with Gasteiger partial charge in [0.05, 0.1) is 0 Å². The lowest BCUT2D eigenvalue weighted by Crippen LogP contribution is -2.15. The zero-order valence-corrected chi connectivity index (χ0v) is 8.56. The Labute approximate surface area is 87.1 Å². The van der Waals surface area contributed by atoms with Crippen LogP contribution in [0, 0.1) is 17.5 Å². The van der Waals surface area contributed by atoms with E-state index in [0.717, 1.165) is 25.0 Å². The van der Waals surface area contributed by atoms with Crippen LogP contribution in [0.1, 0.15) is 37.8 Å². The molecule has 0 bridgehead atoms. The molecule has 84 valence electrons. The van der Waals surface area contributed by atoms with Crippen molar-refractivity contribution in [2.45, 2.75) is 32.2 Å². The van der Waals surface area contributed by atoms with Gasteiger partial charge in [-0.2, -0.15) is 0 Å². The molecule has 1 aromatic carbocycles. The van der Waals surface area contributed by atoms with Crippen molar-refractivity contribution >= 4 is 0 Å². The van der Waals surface area contributed by atoms with Crippen molar-refractivity contribution in [1.82, 2.24) is 0 Å². The second kappa shape index (κ2) is 5.16. The molecule has 0 saturated carbocycles. The van der Waals surface area contributed by atoms with Gasteiger partial charge in [-0.1, -0.05) is 19.8 Å². The fourth-order valence-corrected chi connectivity index (χ4v) is 1.45. The maximum absolute atomic E-state index is 13.2. The average Bonchev–Trinajstić information content (AvgIpc) is 2.21. The average molecular weight is 217 g/mol. The minimum atomic E-state index is -1.17. The smallest absolute Gasteiger partial charge is 0.166 e. The summed E-state index contributed by atoms with van der Waals surface area (Å²) in [4.78, 5) is 0. The molecule has 0 aromatic heterocycles. The standard InChI is InChI=1S/C11H14F3N/c1-2-3-4-9(15)10-7(12)5-6-8(13)11(10)14/h5-6,9H,2-4,15H2,1H3/t9-/m0/s1. The van der Waals surface area contributed by atoms with Gasteiger partial charge in [0.2, 0.25) is 0 Å². The SMILES string of the molecule is CCCC[C@H](N)c1c(F)ccc(F)c1F. The van der Waals surface area contributed by atoms with E-state index in [0.29, 0.717) is 6.42 Å². The van der Waals surface area contributed by atoms with E-state index in [-0.39, 0.29) is 5.56 Å². The second-order valence-electron chi connectivity index (χ2n) is 3.51. The number of benzene rings is 1. The predicted molar refractivity (Wildman–Crippen MR) is 52.8 cm³/mol. The molecule has 15 heavy (non-hydrogen) atoms. The second-order valence-corrected chi connectivity index (χ2v) is 3.51. The first-order chi connectivity index (χ1) is 7.07. The van der Waals surface area contributed by atoms with Crippen LogP contribution in [0.3, 0.4) is 0 Å². The molecule has 0 heterocycles. The van der Waals surface area contributed by atoms with Gasteiger partial charge >= 0.3 is 0 Å². The maximum atomic E-state index is 13.2. The van der Waals surface area contributed by atoms with E-state index in [2.05, 4.69) is 0 Å². The third-order valence-electron chi connectivity index (χ3n) is 2.32. The lowest BCUT2D eigenvalue weighted by molar-refractivity contribution is 0.455. The van der Waals surface area contributed by atoms with E-state index in [4.69, 9.17) is 5.73 Å². The van der Waals surface area contributed by atoms with Gasteiger partial charge in [0.15, 0.2) is 11.6 Å². The molecule has 0 saturated heterocycles. The highest BCUT2D eigenvalue weighted by Gasteiger charge is 2.19. The number of hydrogen-bond acceptors (Lipinski definition) is 1. The molecule has 0 aliphatic carbocycles. The zero-order valence-electron chi connectivity index (χ0n) is 8.56. The Morgan fingerprint density at radius 3 is 2.40 bits per heavy atom. The third kappa shape index (κ3) is 2.72. The minimum Gasteiger partial charge on any atom is -0.324 e. The Kier molecular flexibility index (Phi) is 4.15. The number of hydrogen-bond donors (Lipinski definition) is 1. The monoisotopic (exact) mass is 217 g/mol. The van der Waals surface area contributed by atoms with E-state index in [1.165, 1.54) is 0 Å². The molecule has 2 N–H and O–H groups in total. The van der Waals surface area contributed by atoms with Crippen LogP contribution in [0.4, 0.5) is 13.2 Å². The van der Waals surface area contributed by atoms with E-state index >= 15 is 0 Å². The van der Waals surface area contributed by atoms with Gasteiger partial charge in [0.25, 0.3) is 0 Å². The Bertz CT molecular complexity index is 339. The Morgan fingerprint density at radius 2 is 1.80 bits per heavy atom. The summed E-state index contributed by atoms with van der Waals surface area (Å²) in [7, 11) is 0. The Hall–Kier alpha value is -1.03. The van der Waals surface area contributed by atoms with Gasteiger partial charge in [-0.3, -0.25) is 0 Å². The summed E-state index contributed by atoms with van der Waals surface area (Å²) in [6.45, 7) is 1.95. The van der Waals surface area contributed by atoms with Crippen molar-refractivity contribution in [2.75, 3.05) is 0 Å². The van der Waals surface area contributed by atoms with Crippen LogP contribution in [0.15, 0.2) is 12.1 Å². The molecule has 1 aromatic rings. The summed E-state index contributed by atoms with van der Waals surface area (Å²) in [5.41, 5.74) is 5.26. The van der Waals surface area contributed by atoms with Crippen LogP contribution in [-0.4, -0.2) is 0 Å². The van der Waals surface area contributed by atoms with Crippen molar-refractivity contribution in [3.8, 4) is 0 Å². The van der Waals surface area contributed by atoms with Crippen LogP contribution in [0.2, 0.25) is 0 Å². The molecule has 1 nitrogen and oxygen atoms in total. The van der Waals surface area contributed by atoms with Crippen molar-refractivity contribution in [3.63, 3.8) is 0 Å². The molecule has 1 rings (SSSR count). The highest BCUT2D eigenvalue weighted by molar-refractivity contribution is 5.24. The summed E-state index contributed by atoms with van der Waals surface area (Å²) in [5.74, 6) is -3.01. The first kappa shape index (κ1) is 12.0. The van der Waals surface area contributed by atoms with Crippen LogP contribution < -0.4 is 5.73 Å². The maximum Gasteiger partial charge on any atom is 0.166 e. The third-order valence-corrected chi connectivity index (χ3v) is 2.32. The molecular weight excluding hydrogens is 203 g/mol. The van der Waals surface area contributed by atoms with Gasteiger partial charge in [0, 0.05) is 11.6 Å². The highest BCUT2D eigenvalue weighted by atomic mass is 19.2. The quantitative estimate of drug-likeness (QED) is 0.769. The predicted octanol–water partition coefficient (Wildman–Crippen LogP) is 3.29. The normalized spacial score (nSPS) is 12.9. The highest BCUT2D eigenvalue weighted by Crippen LogP contribution is 2.24. The van der Waals surface area contributed by atoms with Crippen molar-refractivity contribution < 1.29 is 13.2 Å². The molecule has 0 radical (unpaired) electrons. The molecule has 0 fully saturated rings. The molecule has 4 heteroatoms. The number of nitrogens with two attached hydrogens (primary N) is 1. The van der Waals surface area contributed by atoms with Gasteiger partial charge in [-0.05, 0) is 18.6 Å². The van der Waals surface area contributed by atoms with Crippen molar-refractivity contribution in [3.05, 3.63) is 35.1 Å². The fraction of sp³-hybridized carbons (Fsp3) is 0.455. The summed E-state index contributed by atoms with van der Waals surface area (Å²) >= 11 is 0. The number of rotatable bonds is 4. The van der Waals surface area contributed by atoms with Crippen LogP contribution >= 0.6 is 0 Å². The summed E-state index contributed by atoms with van der Waals surface area (Å²) < 4.78 is 39.3. The van der Waals surface area contributed by atoms with Gasteiger partial charge < -0.3 is 5.73 Å². The van der Waals surface area contributed by atoms with Gasteiger partial charge in [0.1, 0.15) is 5.82 Å². The van der Waals surface area contributed by atoms with Crippen molar-refractivity contribution in [2.24, 2.45) is 5.73 Å². The van der Waals surface area contributed by atoms with Crippen LogP contribution in [-0.2, 0) is 0 Å². The topological polar surface area (TPSA) is 26.0 Å². The molecule has 0 amide bonds. The largest absolute Gasteiger partial charge is 0.324 e. The molecule has 0 aliphatic heterocycles. The van der Waals surface area contributed by atoms with Crippen LogP contribution in [0.25, 0.3) is 0 Å². The molecular formula is C11H14F3N. The van der Waals surface area contributed by atoms with E-state index in [1.807, 2.05) is 6.92 Å². The minimum absolute atomic E-state index is 0.344. The fourth-order valence-electron chi connectivity index (χ4n) is 1.45. The number of unbranched alkanes of at least 4 members (excludes halogenated alkanes) is 1. The van der Waals surface area contributed by atoms with E-state index < -0.39 is 23.5 Å². The summed E-state index contributed by atoms with van der Waals surface area (Å²) in [6, 6.07) is 0.890. The lowest BCUT2D eigenvalue weighted by Gasteiger charge is -2.13.